The van der Waals surface area contributed by atoms with Crippen LogP contribution in [0.25, 0.3) is 0 Å². The number of allylic oxidation sites excluding steroid dienone is 2. The highest BCUT2D eigenvalue weighted by atomic mass is 16.5. The van der Waals surface area contributed by atoms with E-state index in [1.54, 1.807) is 18.4 Å². The van der Waals surface area contributed by atoms with Crippen molar-refractivity contribution in [3.8, 4) is 0 Å². The topological polar surface area (TPSA) is 9.23 Å². The number of hydrogen-bond donors (Lipinski definition) is 0. The average molecular weight is 97.1 g/mol. The summed E-state index contributed by atoms with van der Waals surface area (Å²) in [6, 6.07) is 0. The maximum Gasteiger partial charge on any atom is 0.0874 e. The van der Waals surface area contributed by atoms with Crippen LogP contribution < -0.4 is 0 Å². The van der Waals surface area contributed by atoms with Crippen LogP contribution in [0, 0.1) is 6.92 Å². The van der Waals surface area contributed by atoms with E-state index in [1.807, 2.05) is 0 Å². The first kappa shape index (κ1) is 6.28. The molecular formula is C6H9O. The summed E-state index contributed by atoms with van der Waals surface area (Å²) in [4.78, 5) is 0. The zero-order chi connectivity index (χ0) is 5.54. The van der Waals surface area contributed by atoms with Gasteiger partial charge in [-0.2, -0.15) is 0 Å². The Balaban J connectivity index is 2.92. The monoisotopic (exact) mass is 97.1 g/mol. The molecule has 0 rings (SSSR count). The van der Waals surface area contributed by atoms with Crippen LogP contribution in [0.5, 0.6) is 0 Å². The zero-order valence-corrected chi connectivity index (χ0v) is 4.26. The minimum Gasteiger partial charge on any atom is -0.501 e. The van der Waals surface area contributed by atoms with Crippen molar-refractivity contribution in [1.29, 1.82) is 0 Å². The van der Waals surface area contributed by atoms with Crippen LogP contribution in [0.3, 0.4) is 0 Å². The molecule has 0 aliphatic heterocycles. The molecule has 0 N–H and O–H groups in total. The summed E-state index contributed by atoms with van der Waals surface area (Å²) < 4.78 is 4.71. The van der Waals surface area contributed by atoms with Crippen LogP contribution in [-0.2, 0) is 4.74 Å². The van der Waals surface area contributed by atoms with E-state index in [9.17, 15) is 0 Å². The Morgan fingerprint density at radius 3 is 2.71 bits per heavy atom. The van der Waals surface area contributed by atoms with Crippen LogP contribution >= 0.6 is 0 Å². The molecule has 0 aliphatic rings. The van der Waals surface area contributed by atoms with Gasteiger partial charge in [-0.25, -0.2) is 0 Å². The van der Waals surface area contributed by atoms with Crippen molar-refractivity contribution in [3.05, 3.63) is 31.9 Å². The van der Waals surface area contributed by atoms with Gasteiger partial charge in [-0.05, 0) is 13.0 Å². The van der Waals surface area contributed by atoms with Gasteiger partial charge >= 0.3 is 0 Å². The Labute approximate surface area is 44.3 Å². The van der Waals surface area contributed by atoms with Crippen molar-refractivity contribution in [1.82, 2.24) is 0 Å². The largest absolute Gasteiger partial charge is 0.501 e. The molecule has 0 aliphatic carbocycles. The Bertz CT molecular complexity index is 64.6. The van der Waals surface area contributed by atoms with Crippen LogP contribution in [0.2, 0.25) is 0 Å². The highest BCUT2D eigenvalue weighted by Gasteiger charge is 1.62. The molecule has 39 valence electrons. The fourth-order valence-corrected chi connectivity index (χ4v) is 0.179. The quantitative estimate of drug-likeness (QED) is 0.383. The van der Waals surface area contributed by atoms with E-state index in [2.05, 4.69) is 13.5 Å². The van der Waals surface area contributed by atoms with Gasteiger partial charge in [0.15, 0.2) is 0 Å². The summed E-state index contributed by atoms with van der Waals surface area (Å²) in [5, 5.41) is 0. The smallest absolute Gasteiger partial charge is 0.0874 e. The second-order valence-corrected chi connectivity index (χ2v) is 0.935. The van der Waals surface area contributed by atoms with Crippen molar-refractivity contribution in [2.75, 3.05) is 6.61 Å². The van der Waals surface area contributed by atoms with Crippen LogP contribution in [0.4, 0.5) is 0 Å². The lowest BCUT2D eigenvalue weighted by Gasteiger charge is -1.86. The zero-order valence-electron chi connectivity index (χ0n) is 4.26. The summed E-state index contributed by atoms with van der Waals surface area (Å²) in [5.74, 6) is 0. The average Bonchev–Trinajstić information content (AvgIpc) is 1.69. The fourth-order valence-electron chi connectivity index (χ4n) is 0.179. The van der Waals surface area contributed by atoms with Gasteiger partial charge < -0.3 is 4.74 Å². The van der Waals surface area contributed by atoms with E-state index < -0.39 is 0 Å². The lowest BCUT2D eigenvalue weighted by molar-refractivity contribution is 0.288. The maximum atomic E-state index is 4.71. The van der Waals surface area contributed by atoms with E-state index >= 15 is 0 Å². The molecule has 1 nitrogen and oxygen atoms in total. The molecule has 0 aromatic carbocycles. The molecule has 0 spiro atoms. The molecule has 1 heteroatoms. The first-order valence-electron chi connectivity index (χ1n) is 2.10. The summed E-state index contributed by atoms with van der Waals surface area (Å²) in [5.41, 5.74) is 0. The molecule has 0 saturated heterocycles. The van der Waals surface area contributed by atoms with Gasteiger partial charge in [0.1, 0.15) is 0 Å². The summed E-state index contributed by atoms with van der Waals surface area (Å²) in [6.45, 7) is 7.37. The molecule has 1 radical (unpaired) electrons. The number of hydrogen-bond acceptors (Lipinski definition) is 1. The fraction of sp³-hybridized carbons (Fsp3) is 0.167. The van der Waals surface area contributed by atoms with Crippen LogP contribution in [0.1, 0.15) is 0 Å². The molecule has 0 bridgehead atoms. The molecule has 0 atom stereocenters. The van der Waals surface area contributed by atoms with Gasteiger partial charge in [0.2, 0.25) is 0 Å². The van der Waals surface area contributed by atoms with Crippen molar-refractivity contribution in [2.24, 2.45) is 0 Å². The van der Waals surface area contributed by atoms with Gasteiger partial charge in [-0.15, -0.1) is 0 Å². The van der Waals surface area contributed by atoms with Gasteiger partial charge in [0.05, 0.1) is 12.9 Å². The van der Waals surface area contributed by atoms with Crippen molar-refractivity contribution >= 4 is 0 Å². The normalized spacial score (nSPS) is 9.29. The van der Waals surface area contributed by atoms with Crippen molar-refractivity contribution < 1.29 is 4.74 Å². The van der Waals surface area contributed by atoms with E-state index in [4.69, 9.17) is 4.74 Å². The summed E-state index contributed by atoms with van der Waals surface area (Å²) in [7, 11) is 0. The lowest BCUT2D eigenvalue weighted by Crippen LogP contribution is -1.74. The van der Waals surface area contributed by atoms with Crippen molar-refractivity contribution in [3.63, 3.8) is 0 Å². The van der Waals surface area contributed by atoms with Gasteiger partial charge in [-0.3, -0.25) is 0 Å². The number of ether oxygens (including phenoxy) is 1. The van der Waals surface area contributed by atoms with Gasteiger partial charge in [-0.1, -0.05) is 12.7 Å². The second-order valence-electron chi connectivity index (χ2n) is 0.935. The van der Waals surface area contributed by atoms with E-state index in [0.29, 0.717) is 6.61 Å². The molecule has 0 fully saturated rings. The Hall–Kier alpha value is -0.720. The molecular weight excluding hydrogens is 88.1 g/mol. The summed E-state index contributed by atoms with van der Waals surface area (Å²) in [6.07, 6.45) is 4.92. The highest BCUT2D eigenvalue weighted by Crippen LogP contribution is 1.74. The second kappa shape index (κ2) is 5.28. The minimum absolute atomic E-state index is 0.477. The first-order chi connectivity index (χ1) is 3.41. The minimum atomic E-state index is 0.477. The predicted octanol–water partition coefficient (Wildman–Crippen LogP) is 1.54. The molecule has 0 amide bonds. The Morgan fingerprint density at radius 2 is 2.29 bits per heavy atom. The molecule has 7 heavy (non-hydrogen) atoms. The van der Waals surface area contributed by atoms with E-state index in [1.165, 1.54) is 0 Å². The summed E-state index contributed by atoms with van der Waals surface area (Å²) >= 11 is 0. The van der Waals surface area contributed by atoms with Crippen LogP contribution in [-0.4, -0.2) is 6.61 Å². The molecule has 0 aromatic rings. The van der Waals surface area contributed by atoms with Crippen LogP contribution in [0.15, 0.2) is 25.0 Å². The molecule has 0 aromatic heterocycles. The number of rotatable bonds is 3. The van der Waals surface area contributed by atoms with Gasteiger partial charge in [0.25, 0.3) is 0 Å². The predicted molar refractivity (Wildman–Crippen MR) is 30.6 cm³/mol. The SMILES string of the molecule is [CH2]COC=CC=C. The Kier molecular flexibility index (Phi) is 4.74. The standard InChI is InChI=1S/C6H9O/c1-3-5-6-7-4-2/h3,5-6H,1-2,4H2. The molecule has 0 unspecified atom stereocenters. The highest BCUT2D eigenvalue weighted by molar-refractivity contribution is 4.92. The lowest BCUT2D eigenvalue weighted by atomic mass is 10.6. The first-order valence-corrected chi connectivity index (χ1v) is 2.10. The third-order valence-electron chi connectivity index (χ3n) is 0.429. The third-order valence-corrected chi connectivity index (χ3v) is 0.429. The third kappa shape index (κ3) is 5.28. The van der Waals surface area contributed by atoms with Crippen molar-refractivity contribution in [2.45, 2.75) is 0 Å². The van der Waals surface area contributed by atoms with E-state index in [-0.39, 0.29) is 0 Å². The molecule has 0 heterocycles. The van der Waals surface area contributed by atoms with Gasteiger partial charge in [0, 0.05) is 0 Å². The maximum absolute atomic E-state index is 4.71. The van der Waals surface area contributed by atoms with E-state index in [0.717, 1.165) is 0 Å². The Morgan fingerprint density at radius 1 is 1.57 bits per heavy atom. The molecule has 0 saturated carbocycles.